The lowest BCUT2D eigenvalue weighted by Crippen LogP contribution is -2.49. The lowest BCUT2D eigenvalue weighted by atomic mass is 9.90. The highest BCUT2D eigenvalue weighted by Crippen LogP contribution is 2.37. The standard InChI is InChI=1S/C39H47BrCl2N6O9/c1-39(22-27-6-8-28(40)9-7-27)36(53)48(31-20-29(41)19-30(42)21-31)37(54)47(39)10-4-2-3-5-32(49)23-43-11-13-44-15-17-46-18-16-45(14-12-43)25-34(51)56-38(55-33(50)24-44)57-35(52)26-46/h6-9,19-21,38H,2-5,10-18,22-26H2,1H3/t39-/m0/s1. The van der Waals surface area contributed by atoms with Crippen molar-refractivity contribution in [3.63, 3.8) is 0 Å². The summed E-state index contributed by atoms with van der Waals surface area (Å²) in [6.45, 7) is 4.12. The third-order valence-corrected chi connectivity index (χ3v) is 11.6. The van der Waals surface area contributed by atoms with Gasteiger partial charge in [-0.3, -0.25) is 43.6 Å². The molecule has 15 nitrogen and oxygen atoms in total. The van der Waals surface area contributed by atoms with Crippen LogP contribution in [0, 0.1) is 0 Å². The van der Waals surface area contributed by atoms with Gasteiger partial charge in [0.2, 0.25) is 0 Å². The molecular weight excluding hydrogens is 847 g/mol. The van der Waals surface area contributed by atoms with Gasteiger partial charge < -0.3 is 19.1 Å². The van der Waals surface area contributed by atoms with Crippen LogP contribution in [0.3, 0.4) is 0 Å². The van der Waals surface area contributed by atoms with Crippen molar-refractivity contribution in [2.75, 3.05) is 90.0 Å². The Morgan fingerprint density at radius 2 is 1.25 bits per heavy atom. The van der Waals surface area contributed by atoms with E-state index in [1.165, 1.54) is 0 Å². The highest BCUT2D eigenvalue weighted by Gasteiger charge is 2.54. The number of ketones is 1. The second-order valence-electron chi connectivity index (χ2n) is 15.0. The number of esters is 3. The molecule has 0 aromatic heterocycles. The number of carbonyl (C=O) groups is 6. The number of unbranched alkanes of at least 4 members (excludes halogenated alkanes) is 2. The van der Waals surface area contributed by atoms with Gasteiger partial charge >= 0.3 is 30.4 Å². The van der Waals surface area contributed by atoms with Crippen molar-refractivity contribution in [3.05, 3.63) is 62.5 Å². The number of nitrogens with zero attached hydrogens (tertiary/aromatic N) is 6. The van der Waals surface area contributed by atoms with Gasteiger partial charge in [0, 0.05) is 86.3 Å². The van der Waals surface area contributed by atoms with Crippen LogP contribution in [0.1, 0.15) is 38.2 Å². The fraction of sp³-hybridized carbons (Fsp3) is 0.538. The highest BCUT2D eigenvalue weighted by atomic mass is 79.9. The molecule has 3 amide bonds. The van der Waals surface area contributed by atoms with Crippen LogP contribution in [-0.4, -0.2) is 157 Å². The summed E-state index contributed by atoms with van der Waals surface area (Å²) in [5.74, 6) is -2.37. The van der Waals surface area contributed by atoms with Crippen molar-refractivity contribution in [2.24, 2.45) is 0 Å². The van der Waals surface area contributed by atoms with Gasteiger partial charge in [-0.2, -0.15) is 0 Å². The number of ether oxygens (including phenoxy) is 3. The third-order valence-electron chi connectivity index (χ3n) is 10.7. The molecule has 0 saturated carbocycles. The van der Waals surface area contributed by atoms with E-state index in [0.717, 1.165) is 14.9 Å². The van der Waals surface area contributed by atoms with Crippen LogP contribution in [0.2, 0.25) is 10.0 Å². The first-order valence-electron chi connectivity index (χ1n) is 19.1. The summed E-state index contributed by atoms with van der Waals surface area (Å²) < 4.78 is 16.6. The van der Waals surface area contributed by atoms with Gasteiger partial charge in [-0.1, -0.05) is 57.7 Å². The summed E-state index contributed by atoms with van der Waals surface area (Å²) in [7, 11) is 0. The average molecular weight is 895 g/mol. The Labute approximate surface area is 350 Å². The van der Waals surface area contributed by atoms with Crippen molar-refractivity contribution in [1.29, 1.82) is 0 Å². The number of hydrogen-bond acceptors (Lipinski definition) is 13. The first kappa shape index (κ1) is 43.0. The molecule has 0 N–H and O–H groups in total. The fourth-order valence-corrected chi connectivity index (χ4v) is 8.33. The van der Waals surface area contributed by atoms with E-state index < -0.39 is 36.0 Å². The van der Waals surface area contributed by atoms with Crippen molar-refractivity contribution in [2.45, 2.75) is 51.0 Å². The van der Waals surface area contributed by atoms with Crippen LogP contribution in [-0.2, 0) is 44.6 Å². The Bertz CT molecular complexity index is 1780. The maximum atomic E-state index is 14.1. The normalized spacial score (nSPS) is 26.6. The van der Waals surface area contributed by atoms with Crippen LogP contribution < -0.4 is 4.90 Å². The highest BCUT2D eigenvalue weighted by molar-refractivity contribution is 9.10. The summed E-state index contributed by atoms with van der Waals surface area (Å²) in [5, 5.41) is 0.615. The van der Waals surface area contributed by atoms with Gasteiger partial charge in [-0.15, -0.1) is 0 Å². The second kappa shape index (κ2) is 19.4. The number of amides is 3. The minimum absolute atomic E-state index is 0.0392. The van der Waals surface area contributed by atoms with Crippen molar-refractivity contribution >= 4 is 80.4 Å². The van der Waals surface area contributed by atoms with Crippen LogP contribution in [0.5, 0.6) is 0 Å². The van der Waals surface area contributed by atoms with Gasteiger partial charge in [0.25, 0.3) is 5.91 Å². The minimum Gasteiger partial charge on any atom is -0.389 e. The number of imide groups is 1. The lowest BCUT2D eigenvalue weighted by molar-refractivity contribution is -0.258. The maximum Gasteiger partial charge on any atom is 0.412 e. The summed E-state index contributed by atoms with van der Waals surface area (Å²) in [4.78, 5) is 90.2. The number of benzene rings is 2. The zero-order valence-electron chi connectivity index (χ0n) is 31.8. The summed E-state index contributed by atoms with van der Waals surface area (Å²) in [6, 6.07) is 11.8. The molecule has 0 spiro atoms. The SMILES string of the molecule is C[C@]1(Cc2ccc(Br)cc2)C(=O)N(c2cc(Cl)cc(Cl)c2)C(=O)N1CCCCCC(=O)CN1CCN2CCN3CCN(CC1)CC(=O)OC(OC(=O)C2)OC(=O)C3. The van der Waals surface area contributed by atoms with E-state index in [1.54, 1.807) is 30.0 Å². The van der Waals surface area contributed by atoms with Gasteiger partial charge in [0.05, 0.1) is 31.9 Å². The Morgan fingerprint density at radius 3 is 1.77 bits per heavy atom. The number of rotatable bonds is 11. The molecule has 6 rings (SSSR count). The zero-order chi connectivity index (χ0) is 40.7. The lowest BCUT2D eigenvalue weighted by Gasteiger charge is -2.33. The predicted octanol–water partition coefficient (Wildman–Crippen LogP) is 3.82. The van der Waals surface area contributed by atoms with Crippen LogP contribution >= 0.6 is 39.1 Å². The third kappa shape index (κ3) is 11.5. The molecule has 308 valence electrons. The molecule has 0 radical (unpaired) electrons. The molecule has 4 bridgehead atoms. The van der Waals surface area contributed by atoms with E-state index in [9.17, 15) is 28.8 Å². The Kier molecular flexibility index (Phi) is 14.6. The quantitative estimate of drug-likeness (QED) is 0.183. The number of urea groups is 1. The van der Waals surface area contributed by atoms with Gasteiger partial charge in [0.15, 0.2) is 0 Å². The molecular formula is C39H47BrCl2N6O9. The number of halogens is 3. The second-order valence-corrected chi connectivity index (χ2v) is 16.8. The number of carbonyl (C=O) groups excluding carboxylic acids is 6. The Morgan fingerprint density at radius 1 is 0.737 bits per heavy atom. The van der Waals surface area contributed by atoms with Gasteiger partial charge in [-0.25, -0.2) is 9.69 Å². The number of hydrogen-bond donors (Lipinski definition) is 0. The first-order valence-corrected chi connectivity index (χ1v) is 20.7. The predicted molar refractivity (Wildman–Crippen MR) is 214 cm³/mol. The van der Waals surface area contributed by atoms with E-state index in [0.29, 0.717) is 107 Å². The van der Waals surface area contributed by atoms with Crippen molar-refractivity contribution in [1.82, 2.24) is 24.5 Å². The summed E-state index contributed by atoms with van der Waals surface area (Å²) >= 11 is 16.0. The van der Waals surface area contributed by atoms with Crippen LogP contribution in [0.15, 0.2) is 46.9 Å². The maximum absolute atomic E-state index is 14.1. The van der Waals surface area contributed by atoms with Crippen LogP contribution in [0.25, 0.3) is 0 Å². The molecule has 57 heavy (non-hydrogen) atoms. The Hall–Kier alpha value is -3.64. The molecule has 2 aromatic carbocycles. The van der Waals surface area contributed by atoms with Gasteiger partial charge in [-0.05, 0) is 55.7 Å². The summed E-state index contributed by atoms with van der Waals surface area (Å²) in [5.41, 5.74) is 0.0249. The topological polar surface area (TPSA) is 150 Å². The first-order chi connectivity index (χ1) is 27.2. The average Bonchev–Trinajstić information content (AvgIpc) is 3.29. The fourth-order valence-electron chi connectivity index (χ4n) is 7.55. The van der Waals surface area contributed by atoms with E-state index in [1.807, 2.05) is 43.9 Å². The minimum atomic E-state index is -1.75. The summed E-state index contributed by atoms with van der Waals surface area (Å²) in [6.07, 6.45) is 2.43. The molecule has 2 aromatic rings. The van der Waals surface area contributed by atoms with Gasteiger partial charge in [0.1, 0.15) is 11.3 Å². The molecule has 0 aliphatic carbocycles. The van der Waals surface area contributed by atoms with Crippen molar-refractivity contribution in [3.8, 4) is 0 Å². The van der Waals surface area contributed by atoms with E-state index in [4.69, 9.17) is 37.4 Å². The number of Topliss-reactive ketones (excluding diaryl/α,β-unsaturated/α-hetero) is 1. The van der Waals surface area contributed by atoms with E-state index in [-0.39, 0.29) is 37.9 Å². The number of fused-ring (bicyclic) bond motifs is 7. The van der Waals surface area contributed by atoms with E-state index in [2.05, 4.69) is 15.9 Å². The molecule has 4 heterocycles. The molecule has 4 aliphatic rings. The van der Waals surface area contributed by atoms with Crippen LogP contribution in [0.4, 0.5) is 10.5 Å². The Balaban J connectivity index is 1.07. The molecule has 18 heteroatoms. The van der Waals surface area contributed by atoms with E-state index >= 15 is 0 Å². The largest absolute Gasteiger partial charge is 0.412 e. The molecule has 2 unspecified atom stereocenters. The molecule has 4 aliphatic heterocycles. The smallest absolute Gasteiger partial charge is 0.389 e. The molecule has 4 saturated heterocycles. The monoisotopic (exact) mass is 892 g/mol. The molecule has 4 fully saturated rings. The number of anilines is 1. The molecule has 3 atom stereocenters. The van der Waals surface area contributed by atoms with Crippen molar-refractivity contribution < 1.29 is 43.0 Å². The zero-order valence-corrected chi connectivity index (χ0v) is 34.9.